The monoisotopic (exact) mass is 459 g/mol. The van der Waals surface area contributed by atoms with Crippen LogP contribution in [0.2, 0.25) is 5.02 Å². The summed E-state index contributed by atoms with van der Waals surface area (Å²) in [6.45, 7) is 3.37. The van der Waals surface area contributed by atoms with Crippen LogP contribution >= 0.6 is 11.6 Å². The molecule has 170 valence electrons. The molecule has 1 fully saturated rings. The van der Waals surface area contributed by atoms with Crippen molar-refractivity contribution < 1.29 is 24.6 Å². The molecule has 2 atom stereocenters. The van der Waals surface area contributed by atoms with E-state index in [1.165, 1.54) is 11.8 Å². The van der Waals surface area contributed by atoms with Crippen LogP contribution in [-0.2, 0) is 16.1 Å². The van der Waals surface area contributed by atoms with Gasteiger partial charge in [0.05, 0.1) is 0 Å². The molecule has 1 aliphatic heterocycles. The highest BCUT2D eigenvalue weighted by atomic mass is 35.5. The van der Waals surface area contributed by atoms with Gasteiger partial charge in [-0.15, -0.1) is 0 Å². The summed E-state index contributed by atoms with van der Waals surface area (Å²) in [7, 11) is 0. The minimum atomic E-state index is -1.87. The van der Waals surface area contributed by atoms with Crippen molar-refractivity contribution in [1.82, 2.24) is 10.2 Å². The predicted octanol–water partition coefficient (Wildman–Crippen LogP) is 1.23. The molecule has 1 heterocycles. The van der Waals surface area contributed by atoms with Gasteiger partial charge in [0.1, 0.15) is 0 Å². The molecule has 0 unspecified atom stereocenters. The summed E-state index contributed by atoms with van der Waals surface area (Å²) in [6.07, 6.45) is -3.71. The molecule has 1 saturated heterocycles. The molecular formula is C23H26ClN3O5. The first-order chi connectivity index (χ1) is 15.3. The molecule has 3 rings (SSSR count). The van der Waals surface area contributed by atoms with Crippen LogP contribution in [0, 0.1) is 0 Å². The van der Waals surface area contributed by atoms with Gasteiger partial charge in [0.25, 0.3) is 11.8 Å². The van der Waals surface area contributed by atoms with Crippen LogP contribution in [-0.4, -0.2) is 71.1 Å². The van der Waals surface area contributed by atoms with Gasteiger partial charge < -0.3 is 25.3 Å². The van der Waals surface area contributed by atoms with Crippen molar-refractivity contribution in [1.29, 1.82) is 0 Å². The second-order valence-corrected chi connectivity index (χ2v) is 8.09. The van der Waals surface area contributed by atoms with Crippen molar-refractivity contribution >= 4 is 34.9 Å². The first-order valence-corrected chi connectivity index (χ1v) is 10.7. The lowest BCUT2D eigenvalue weighted by Crippen LogP contribution is -2.55. The number of benzene rings is 2. The number of aliphatic hydroxyl groups excluding tert-OH is 2. The van der Waals surface area contributed by atoms with Gasteiger partial charge in [0.2, 0.25) is 0 Å². The van der Waals surface area contributed by atoms with E-state index in [1.807, 2.05) is 12.1 Å². The van der Waals surface area contributed by atoms with E-state index < -0.39 is 24.0 Å². The number of carbonyl (C=O) groups excluding carboxylic acids is 3. The molecule has 3 N–H and O–H groups in total. The Hall–Kier alpha value is -2.94. The minimum Gasteiger partial charge on any atom is -0.380 e. The van der Waals surface area contributed by atoms with Crippen molar-refractivity contribution in [3.63, 3.8) is 0 Å². The smallest absolute Gasteiger partial charge is 0.254 e. The predicted molar refractivity (Wildman–Crippen MR) is 121 cm³/mol. The van der Waals surface area contributed by atoms with E-state index in [4.69, 9.17) is 11.6 Å². The van der Waals surface area contributed by atoms with E-state index in [-0.39, 0.29) is 12.3 Å². The number of halogens is 1. The Kier molecular flexibility index (Phi) is 7.84. The third-order valence-electron chi connectivity index (χ3n) is 5.43. The second-order valence-electron chi connectivity index (χ2n) is 7.65. The quantitative estimate of drug-likeness (QED) is 0.537. The molecule has 9 heteroatoms. The molecule has 0 aliphatic carbocycles. The average molecular weight is 460 g/mol. The summed E-state index contributed by atoms with van der Waals surface area (Å²) >= 11 is 5.82. The van der Waals surface area contributed by atoms with Gasteiger partial charge in [0.15, 0.2) is 18.0 Å². The molecule has 8 nitrogen and oxygen atoms in total. The van der Waals surface area contributed by atoms with Gasteiger partial charge >= 0.3 is 0 Å². The number of carbonyl (C=O) groups is 3. The van der Waals surface area contributed by atoms with Gasteiger partial charge in [-0.05, 0) is 48.9 Å². The second kappa shape index (κ2) is 10.6. The lowest BCUT2D eigenvalue weighted by atomic mass is 10.1. The number of Topliss-reactive ketones (excluding diaryl/α,β-unsaturated/α-hetero) is 1. The molecule has 0 saturated carbocycles. The van der Waals surface area contributed by atoms with E-state index in [0.29, 0.717) is 36.8 Å². The highest BCUT2D eigenvalue weighted by Gasteiger charge is 2.34. The lowest BCUT2D eigenvalue weighted by molar-refractivity contribution is -0.153. The molecule has 0 bridgehead atoms. The molecule has 2 aromatic rings. The van der Waals surface area contributed by atoms with E-state index >= 15 is 0 Å². The number of aliphatic hydroxyl groups is 2. The Labute approximate surface area is 191 Å². The summed E-state index contributed by atoms with van der Waals surface area (Å²) in [5.74, 6) is -1.52. The maximum atomic E-state index is 12.6. The van der Waals surface area contributed by atoms with Crippen LogP contribution in [0.15, 0.2) is 48.5 Å². The minimum absolute atomic E-state index is 0.00304. The van der Waals surface area contributed by atoms with E-state index in [1.54, 1.807) is 36.4 Å². The largest absolute Gasteiger partial charge is 0.380 e. The summed E-state index contributed by atoms with van der Waals surface area (Å²) in [6, 6.07) is 14.0. The summed E-state index contributed by atoms with van der Waals surface area (Å²) in [4.78, 5) is 39.7. The SMILES string of the molecule is CC(=O)c1ccc(N2CCN(C(=O)[C@H](O)[C@@H](O)C(=O)NCc3ccc(Cl)cc3)CC2)cc1. The molecule has 1 aliphatic rings. The Balaban J connectivity index is 1.49. The normalized spacial score (nSPS) is 15.8. The number of ketones is 1. The van der Waals surface area contributed by atoms with Crippen LogP contribution < -0.4 is 10.2 Å². The number of nitrogens with zero attached hydrogens (tertiary/aromatic N) is 2. The topological polar surface area (TPSA) is 110 Å². The fourth-order valence-electron chi connectivity index (χ4n) is 3.45. The lowest BCUT2D eigenvalue weighted by Gasteiger charge is -2.37. The third-order valence-corrected chi connectivity index (χ3v) is 5.68. The highest BCUT2D eigenvalue weighted by molar-refractivity contribution is 6.30. The Morgan fingerprint density at radius 3 is 2.09 bits per heavy atom. The number of hydrogen-bond donors (Lipinski definition) is 3. The molecule has 32 heavy (non-hydrogen) atoms. The average Bonchev–Trinajstić information content (AvgIpc) is 2.82. The van der Waals surface area contributed by atoms with Crippen LogP contribution in [0.4, 0.5) is 5.69 Å². The van der Waals surface area contributed by atoms with Crippen molar-refractivity contribution in [3.8, 4) is 0 Å². The number of hydrogen-bond acceptors (Lipinski definition) is 6. The maximum absolute atomic E-state index is 12.6. The fourth-order valence-corrected chi connectivity index (χ4v) is 3.58. The Morgan fingerprint density at radius 1 is 0.938 bits per heavy atom. The van der Waals surface area contributed by atoms with Crippen molar-refractivity contribution in [3.05, 3.63) is 64.7 Å². The van der Waals surface area contributed by atoms with Gasteiger partial charge in [-0.3, -0.25) is 14.4 Å². The number of amides is 2. The van der Waals surface area contributed by atoms with Crippen LogP contribution in [0.5, 0.6) is 0 Å². The molecule has 2 aromatic carbocycles. The highest BCUT2D eigenvalue weighted by Crippen LogP contribution is 2.18. The Bertz CT molecular complexity index is 957. The van der Waals surface area contributed by atoms with Crippen LogP contribution in [0.3, 0.4) is 0 Å². The number of rotatable bonds is 7. The number of anilines is 1. The van der Waals surface area contributed by atoms with Gasteiger partial charge in [0, 0.05) is 49.0 Å². The maximum Gasteiger partial charge on any atom is 0.254 e. The molecule has 0 spiro atoms. The van der Waals surface area contributed by atoms with Gasteiger partial charge in [-0.2, -0.15) is 0 Å². The van der Waals surface area contributed by atoms with Crippen molar-refractivity contribution in [2.45, 2.75) is 25.7 Å². The Morgan fingerprint density at radius 2 is 1.53 bits per heavy atom. The molecule has 0 radical (unpaired) electrons. The van der Waals surface area contributed by atoms with Crippen LogP contribution in [0.25, 0.3) is 0 Å². The third kappa shape index (κ3) is 5.85. The van der Waals surface area contributed by atoms with E-state index in [0.717, 1.165) is 11.3 Å². The van der Waals surface area contributed by atoms with Crippen molar-refractivity contribution in [2.75, 3.05) is 31.1 Å². The first-order valence-electron chi connectivity index (χ1n) is 10.3. The van der Waals surface area contributed by atoms with Crippen LogP contribution in [0.1, 0.15) is 22.8 Å². The van der Waals surface area contributed by atoms with E-state index in [2.05, 4.69) is 10.2 Å². The molecule has 2 amide bonds. The number of nitrogens with one attached hydrogen (secondary N) is 1. The summed E-state index contributed by atoms with van der Waals surface area (Å²) < 4.78 is 0. The first kappa shape index (κ1) is 23.7. The summed E-state index contributed by atoms with van der Waals surface area (Å²) in [5, 5.41) is 23.5. The zero-order valence-electron chi connectivity index (χ0n) is 17.7. The summed E-state index contributed by atoms with van der Waals surface area (Å²) in [5.41, 5.74) is 2.33. The van der Waals surface area contributed by atoms with Gasteiger partial charge in [-0.25, -0.2) is 0 Å². The van der Waals surface area contributed by atoms with Crippen molar-refractivity contribution in [2.24, 2.45) is 0 Å². The fraction of sp³-hybridized carbons (Fsp3) is 0.348. The number of piperazine rings is 1. The molecular weight excluding hydrogens is 434 g/mol. The zero-order chi connectivity index (χ0) is 23.3. The zero-order valence-corrected chi connectivity index (χ0v) is 18.5. The molecule has 0 aromatic heterocycles. The standard InChI is InChI=1S/C23H26ClN3O5/c1-15(28)17-4-8-19(9-5-17)26-10-12-27(13-11-26)23(32)21(30)20(29)22(31)25-14-16-2-6-18(24)7-3-16/h2-9,20-21,29-30H,10-14H2,1H3,(H,25,31)/t20-,21-/m1/s1. The van der Waals surface area contributed by atoms with E-state index in [9.17, 15) is 24.6 Å². The van der Waals surface area contributed by atoms with Gasteiger partial charge in [-0.1, -0.05) is 23.7 Å².